The van der Waals surface area contributed by atoms with Crippen LogP contribution in [0.15, 0.2) is 71.2 Å². The average Bonchev–Trinajstić information content (AvgIpc) is 3.72. The molecule has 0 fully saturated rings. The maximum absolute atomic E-state index is 12.8. The first-order valence-corrected chi connectivity index (χ1v) is 14.8. The van der Waals surface area contributed by atoms with Crippen LogP contribution in [0.5, 0.6) is 11.5 Å². The van der Waals surface area contributed by atoms with Crippen molar-refractivity contribution >= 4 is 52.2 Å². The summed E-state index contributed by atoms with van der Waals surface area (Å²) in [7, 11) is 0. The summed E-state index contributed by atoms with van der Waals surface area (Å²) in [6.07, 6.45) is 0. The Morgan fingerprint density at radius 1 is 1.07 bits per heavy atom. The highest BCUT2D eigenvalue weighted by atomic mass is 35.5. The van der Waals surface area contributed by atoms with Gasteiger partial charge in [-0.1, -0.05) is 59.2 Å². The van der Waals surface area contributed by atoms with E-state index in [1.807, 2.05) is 72.2 Å². The van der Waals surface area contributed by atoms with E-state index in [0.29, 0.717) is 50.5 Å². The first kappa shape index (κ1) is 26.6. The molecule has 0 bridgehead atoms. The zero-order valence-electron chi connectivity index (χ0n) is 21.1. The van der Waals surface area contributed by atoms with Crippen LogP contribution in [-0.4, -0.2) is 32.4 Å². The third-order valence-corrected chi connectivity index (χ3v) is 8.70. The molecule has 0 radical (unpaired) electrons. The summed E-state index contributed by atoms with van der Waals surface area (Å²) in [5.41, 5.74) is 3.91. The third-order valence-electron chi connectivity index (χ3n) is 6.16. The third kappa shape index (κ3) is 5.53. The maximum Gasteiger partial charge on any atom is 0.271 e. The fourth-order valence-corrected chi connectivity index (χ4v) is 6.28. The van der Waals surface area contributed by atoms with Gasteiger partial charge in [0.05, 0.1) is 16.5 Å². The summed E-state index contributed by atoms with van der Waals surface area (Å²) < 4.78 is 12.7. The largest absolute Gasteiger partial charge is 0.454 e. The first-order chi connectivity index (χ1) is 19.5. The van der Waals surface area contributed by atoms with Gasteiger partial charge in [0.2, 0.25) is 6.79 Å². The van der Waals surface area contributed by atoms with Gasteiger partial charge >= 0.3 is 0 Å². The van der Waals surface area contributed by atoms with Gasteiger partial charge in [0.15, 0.2) is 22.5 Å². The normalized spacial score (nSPS) is 12.1. The number of carbonyl (C=O) groups excluding carboxylic acids is 1. The lowest BCUT2D eigenvalue weighted by molar-refractivity contribution is 0.0946. The molecule has 8 nitrogen and oxygen atoms in total. The van der Waals surface area contributed by atoms with E-state index in [0.717, 1.165) is 27.4 Å². The van der Waals surface area contributed by atoms with E-state index in [1.165, 1.54) is 23.1 Å². The van der Waals surface area contributed by atoms with Crippen LogP contribution in [0.3, 0.4) is 0 Å². The summed E-state index contributed by atoms with van der Waals surface area (Å²) >= 11 is 15.8. The Bertz CT molecular complexity index is 1720. The Balaban J connectivity index is 1.19. The van der Waals surface area contributed by atoms with E-state index in [-0.39, 0.29) is 12.7 Å². The zero-order valence-corrected chi connectivity index (χ0v) is 24.2. The quantitative estimate of drug-likeness (QED) is 0.190. The molecule has 0 aliphatic carbocycles. The minimum Gasteiger partial charge on any atom is -0.454 e. The Labute approximate surface area is 248 Å². The van der Waals surface area contributed by atoms with E-state index in [2.05, 4.69) is 20.5 Å². The van der Waals surface area contributed by atoms with Crippen molar-refractivity contribution in [1.29, 1.82) is 0 Å². The number of nitrogens with zero attached hydrogens (tertiary/aromatic N) is 4. The van der Waals surface area contributed by atoms with Crippen molar-refractivity contribution in [2.75, 3.05) is 6.79 Å². The smallest absolute Gasteiger partial charge is 0.271 e. The molecule has 6 rings (SSSR count). The molecular weight excluding hydrogens is 589 g/mol. The van der Waals surface area contributed by atoms with Gasteiger partial charge in [-0.05, 0) is 54.4 Å². The van der Waals surface area contributed by atoms with E-state index < -0.39 is 0 Å². The van der Waals surface area contributed by atoms with Gasteiger partial charge in [0.1, 0.15) is 10.7 Å². The van der Waals surface area contributed by atoms with Crippen molar-refractivity contribution in [1.82, 2.24) is 25.1 Å². The molecule has 0 saturated carbocycles. The molecule has 0 unspecified atom stereocenters. The Morgan fingerprint density at radius 3 is 2.80 bits per heavy atom. The molecule has 2 aromatic heterocycles. The number of thiazole rings is 1. The topological polar surface area (TPSA) is 91.2 Å². The van der Waals surface area contributed by atoms with Crippen molar-refractivity contribution < 1.29 is 14.3 Å². The van der Waals surface area contributed by atoms with Crippen LogP contribution in [0.1, 0.15) is 26.6 Å². The molecule has 12 heteroatoms. The second kappa shape index (κ2) is 11.5. The van der Waals surface area contributed by atoms with Gasteiger partial charge in [-0.25, -0.2) is 4.98 Å². The number of aromatic nitrogens is 4. The molecule has 3 aromatic carbocycles. The van der Waals surface area contributed by atoms with Crippen LogP contribution in [0.25, 0.3) is 17.1 Å². The predicted octanol–water partition coefficient (Wildman–Crippen LogP) is 6.96. The fraction of sp³-hybridized carbons (Fsp3) is 0.143. The van der Waals surface area contributed by atoms with Crippen LogP contribution in [0, 0.1) is 6.92 Å². The molecule has 202 valence electrons. The average molecular weight is 611 g/mol. The number of hydrogen-bond donors (Lipinski definition) is 1. The zero-order chi connectivity index (χ0) is 27.6. The molecule has 40 heavy (non-hydrogen) atoms. The summed E-state index contributed by atoms with van der Waals surface area (Å²) in [5, 5.41) is 16.2. The predicted molar refractivity (Wildman–Crippen MR) is 157 cm³/mol. The van der Waals surface area contributed by atoms with E-state index in [1.54, 1.807) is 5.38 Å². The lowest BCUT2D eigenvalue weighted by atomic mass is 10.1. The minimum atomic E-state index is -0.246. The monoisotopic (exact) mass is 609 g/mol. The molecule has 0 spiro atoms. The number of fused-ring (bicyclic) bond motifs is 1. The SMILES string of the molecule is Cc1ccc(Cl)cc1-n1c(SCc2nc(C(=O)NCc3ccc4c(c3)OCO4)cs2)nnc1-c1ccccc1Cl. The van der Waals surface area contributed by atoms with Crippen LogP contribution in [0.2, 0.25) is 10.0 Å². The molecule has 0 saturated heterocycles. The van der Waals surface area contributed by atoms with Crippen LogP contribution >= 0.6 is 46.3 Å². The molecular formula is C28H21Cl2N5O3S2. The molecule has 1 N–H and O–H groups in total. The summed E-state index contributed by atoms with van der Waals surface area (Å²) in [4.78, 5) is 17.3. The number of benzene rings is 3. The molecule has 5 aromatic rings. The lowest BCUT2D eigenvalue weighted by Crippen LogP contribution is -2.23. The number of aryl methyl sites for hydroxylation is 1. The molecule has 1 aliphatic rings. The van der Waals surface area contributed by atoms with Gasteiger partial charge in [-0.3, -0.25) is 9.36 Å². The number of thioether (sulfide) groups is 1. The van der Waals surface area contributed by atoms with Crippen molar-refractivity contribution in [3.8, 4) is 28.6 Å². The lowest BCUT2D eigenvalue weighted by Gasteiger charge is -2.14. The first-order valence-electron chi connectivity index (χ1n) is 12.2. The second-order valence-corrected chi connectivity index (χ2v) is 11.6. The van der Waals surface area contributed by atoms with Crippen LogP contribution in [-0.2, 0) is 12.3 Å². The molecule has 3 heterocycles. The van der Waals surface area contributed by atoms with Crippen LogP contribution in [0.4, 0.5) is 0 Å². The van der Waals surface area contributed by atoms with Gasteiger partial charge in [-0.15, -0.1) is 21.5 Å². The van der Waals surface area contributed by atoms with Crippen molar-refractivity contribution in [3.05, 3.63) is 97.9 Å². The Hall–Kier alpha value is -3.57. The highest BCUT2D eigenvalue weighted by Gasteiger charge is 2.21. The van der Waals surface area contributed by atoms with Gasteiger partial charge in [0.25, 0.3) is 5.91 Å². The second-order valence-electron chi connectivity index (χ2n) is 8.84. The van der Waals surface area contributed by atoms with Crippen molar-refractivity contribution in [2.45, 2.75) is 24.4 Å². The number of halogens is 2. The number of ether oxygens (including phenoxy) is 2. The van der Waals surface area contributed by atoms with Crippen molar-refractivity contribution in [2.24, 2.45) is 0 Å². The minimum absolute atomic E-state index is 0.209. The molecule has 1 amide bonds. The number of carbonyl (C=O) groups is 1. The maximum atomic E-state index is 12.8. The number of amides is 1. The van der Waals surface area contributed by atoms with Crippen molar-refractivity contribution in [3.63, 3.8) is 0 Å². The number of rotatable bonds is 8. The van der Waals surface area contributed by atoms with E-state index >= 15 is 0 Å². The van der Waals surface area contributed by atoms with E-state index in [9.17, 15) is 4.79 Å². The Kier molecular flexibility index (Phi) is 7.66. The molecule has 1 aliphatic heterocycles. The highest BCUT2D eigenvalue weighted by molar-refractivity contribution is 7.98. The summed E-state index contributed by atoms with van der Waals surface area (Å²) in [6, 6.07) is 18.8. The van der Waals surface area contributed by atoms with Crippen LogP contribution < -0.4 is 14.8 Å². The highest BCUT2D eigenvalue weighted by Crippen LogP contribution is 2.35. The number of nitrogens with one attached hydrogen (secondary N) is 1. The number of hydrogen-bond acceptors (Lipinski definition) is 8. The fourth-order valence-electron chi connectivity index (χ4n) is 4.15. The molecule has 0 atom stereocenters. The van der Waals surface area contributed by atoms with Gasteiger partial charge < -0.3 is 14.8 Å². The standard InChI is InChI=1S/C28H21Cl2N5O3S2/c1-16-6-8-18(29)11-22(16)35-26(19-4-2-3-5-20(19)30)33-34-28(35)40-14-25-32-21(13-39-25)27(36)31-12-17-7-9-23-24(10-17)38-15-37-23/h2-11,13H,12,14-15H2,1H3,(H,31,36). The van der Waals surface area contributed by atoms with E-state index in [4.69, 9.17) is 32.7 Å². The Morgan fingerprint density at radius 2 is 1.93 bits per heavy atom. The van der Waals surface area contributed by atoms with Gasteiger partial charge in [-0.2, -0.15) is 0 Å². The summed E-state index contributed by atoms with van der Waals surface area (Å²) in [6.45, 7) is 2.57. The summed E-state index contributed by atoms with van der Waals surface area (Å²) in [5.74, 6) is 2.25. The van der Waals surface area contributed by atoms with Gasteiger partial charge in [0, 0.05) is 22.5 Å².